The van der Waals surface area contributed by atoms with Crippen LogP contribution in [-0.4, -0.2) is 39.2 Å². The van der Waals surface area contributed by atoms with Crippen molar-refractivity contribution in [2.75, 3.05) is 26.2 Å². The summed E-state index contributed by atoms with van der Waals surface area (Å²) in [7, 11) is -1.49. The fourth-order valence-corrected chi connectivity index (χ4v) is 2.27. The predicted octanol–water partition coefficient (Wildman–Crippen LogP) is -1.19. The maximum Gasteiger partial charge on any atom is 0.286 e. The fraction of sp³-hybridized carbons (Fsp3) is 1.00. The van der Waals surface area contributed by atoms with Crippen molar-refractivity contribution in [3.05, 3.63) is 0 Å². The van der Waals surface area contributed by atoms with Gasteiger partial charge in [-0.2, -0.15) is 0 Å². The van der Waals surface area contributed by atoms with Crippen LogP contribution in [0, 0.1) is 0 Å². The van der Waals surface area contributed by atoms with E-state index in [4.69, 9.17) is 16.5 Å². The van der Waals surface area contributed by atoms with Crippen LogP contribution in [0.3, 0.4) is 0 Å². The number of hydrogen-bond donors (Lipinski definition) is 2. The Kier molecular flexibility index (Phi) is 2.94. The van der Waals surface area contributed by atoms with Gasteiger partial charge in [-0.3, -0.25) is 4.57 Å². The van der Waals surface area contributed by atoms with Crippen LogP contribution in [0.1, 0.15) is 0 Å². The molecule has 0 radical (unpaired) electrons. The summed E-state index contributed by atoms with van der Waals surface area (Å²) in [5.74, 6) is 0. The molecule has 3 nitrogen and oxygen atoms in total. The maximum atomic E-state index is 5.77. The second kappa shape index (κ2) is 3.53. The minimum atomic E-state index is -1.49. The van der Waals surface area contributed by atoms with E-state index in [1.54, 1.807) is 0 Å². The molecule has 9 heavy (non-hydrogen) atoms. The van der Waals surface area contributed by atoms with Crippen molar-refractivity contribution in [2.24, 2.45) is 5.40 Å². The molecule has 0 amide bonds. The van der Waals surface area contributed by atoms with Gasteiger partial charge in [0, 0.05) is 26.2 Å². The van der Waals surface area contributed by atoms with E-state index in [1.807, 2.05) is 0 Å². The van der Waals surface area contributed by atoms with Crippen molar-refractivity contribution in [2.45, 2.75) is 0 Å². The zero-order valence-electron chi connectivity index (χ0n) is 5.31. The zero-order valence-corrected chi connectivity index (χ0v) is 7.22. The van der Waals surface area contributed by atoms with E-state index in [0.29, 0.717) is 0 Å². The van der Waals surface area contributed by atoms with E-state index in [9.17, 15) is 0 Å². The molecule has 0 saturated carbocycles. The van der Waals surface area contributed by atoms with Crippen LogP contribution in [-0.2, 0) is 0 Å². The zero-order chi connectivity index (χ0) is 6.69. The number of piperazine rings is 1. The first-order chi connectivity index (χ1) is 4.30. The quantitative estimate of drug-likeness (QED) is 0.379. The van der Waals surface area contributed by atoms with Crippen LogP contribution >= 0.6 is 11.1 Å². The summed E-state index contributed by atoms with van der Waals surface area (Å²) >= 11 is 5.77. The van der Waals surface area contributed by atoms with Crippen molar-refractivity contribution in [3.63, 3.8) is 0 Å². The Labute approximate surface area is 61.6 Å². The topological polar surface area (TPSA) is 41.3 Å². The van der Waals surface area contributed by atoms with E-state index in [2.05, 4.69) is 9.88 Å². The van der Waals surface area contributed by atoms with Crippen LogP contribution in [0.4, 0.5) is 0 Å². The Morgan fingerprint density at radius 1 is 1.44 bits per heavy atom. The molecule has 0 aromatic rings. The average molecular weight is 166 g/mol. The van der Waals surface area contributed by atoms with Crippen LogP contribution in [0.5, 0.6) is 0 Å². The molecule has 54 valence electrons. The second-order valence-corrected chi connectivity index (χ2v) is 4.98. The number of nitrogens with two attached hydrogens (primary N) is 1. The van der Waals surface area contributed by atoms with E-state index in [-0.39, 0.29) is 0 Å². The predicted molar refractivity (Wildman–Crippen MR) is 41.6 cm³/mol. The smallest absolute Gasteiger partial charge is 0.286 e. The molecule has 0 aromatic carbocycles. The third-order valence-corrected chi connectivity index (χ3v) is 3.54. The van der Waals surface area contributed by atoms with Gasteiger partial charge in [0.15, 0.2) is 0 Å². The Balaban J connectivity index is 2.23. The van der Waals surface area contributed by atoms with Gasteiger partial charge in [0.1, 0.15) is 0 Å². The van der Waals surface area contributed by atoms with Crippen LogP contribution in [0.25, 0.3) is 0 Å². The average Bonchev–Trinajstić information content (AvgIpc) is 1.90. The van der Waals surface area contributed by atoms with Crippen LogP contribution in [0.15, 0.2) is 0 Å². The van der Waals surface area contributed by atoms with Crippen LogP contribution < -0.4 is 10.7 Å². The lowest BCUT2D eigenvalue weighted by Crippen LogP contribution is -2.52. The first kappa shape index (κ1) is 7.49. The van der Waals surface area contributed by atoms with Crippen molar-refractivity contribution in [3.8, 4) is 0 Å². The summed E-state index contributed by atoms with van der Waals surface area (Å²) in [6, 6.07) is 0. The van der Waals surface area contributed by atoms with Crippen molar-refractivity contribution < 1.29 is 0 Å². The lowest BCUT2D eigenvalue weighted by molar-refractivity contribution is 0.372. The van der Waals surface area contributed by atoms with Gasteiger partial charge in [-0.15, -0.1) is 11.1 Å². The summed E-state index contributed by atoms with van der Waals surface area (Å²) in [5, 5.41) is 8.81. The molecule has 1 aliphatic rings. The van der Waals surface area contributed by atoms with E-state index >= 15 is 0 Å². The van der Waals surface area contributed by atoms with E-state index < -0.39 is 8.43 Å². The lowest BCUT2D eigenvalue weighted by atomic mass is 10.4. The molecular weight excluding hydrogens is 154 g/mol. The summed E-state index contributed by atoms with van der Waals surface area (Å²) in [4.78, 5) is 0. The molecular formula is C4H12ClN3Si. The minimum Gasteiger partial charge on any atom is -0.329 e. The van der Waals surface area contributed by atoms with Gasteiger partial charge in [0.05, 0.1) is 0 Å². The van der Waals surface area contributed by atoms with Gasteiger partial charge in [-0.05, 0) is 0 Å². The maximum absolute atomic E-state index is 5.77. The molecule has 3 N–H and O–H groups in total. The third kappa shape index (κ3) is 2.23. The van der Waals surface area contributed by atoms with Gasteiger partial charge in [-0.25, -0.2) is 0 Å². The summed E-state index contributed by atoms with van der Waals surface area (Å²) in [5.41, 5.74) is 0. The molecule has 1 saturated heterocycles. The Hall–Kier alpha value is 0.387. The van der Waals surface area contributed by atoms with Gasteiger partial charge < -0.3 is 10.7 Å². The fourth-order valence-electron chi connectivity index (χ4n) is 0.929. The van der Waals surface area contributed by atoms with Crippen molar-refractivity contribution >= 4 is 19.5 Å². The van der Waals surface area contributed by atoms with Crippen LogP contribution in [0.2, 0.25) is 0 Å². The minimum absolute atomic E-state index is 1.02. The number of rotatable bonds is 1. The Morgan fingerprint density at radius 3 is 2.33 bits per heavy atom. The van der Waals surface area contributed by atoms with Gasteiger partial charge in [0.25, 0.3) is 8.43 Å². The highest BCUT2D eigenvalue weighted by molar-refractivity contribution is 7.03. The number of nitrogens with zero attached hydrogens (tertiary/aromatic N) is 1. The molecule has 0 aliphatic carbocycles. The third-order valence-electron chi connectivity index (χ3n) is 1.50. The molecule has 1 atom stereocenters. The number of hydrogen-bond acceptors (Lipinski definition) is 3. The lowest BCUT2D eigenvalue weighted by Gasteiger charge is -2.27. The summed E-state index contributed by atoms with van der Waals surface area (Å²) in [6.07, 6.45) is 0. The monoisotopic (exact) mass is 165 g/mol. The molecule has 1 heterocycles. The number of halogens is 1. The van der Waals surface area contributed by atoms with Crippen molar-refractivity contribution in [1.82, 2.24) is 9.88 Å². The second-order valence-electron chi connectivity index (χ2n) is 2.16. The molecule has 5 heteroatoms. The molecule has 1 fully saturated rings. The molecule has 1 rings (SSSR count). The summed E-state index contributed by atoms with van der Waals surface area (Å²) in [6.45, 7) is 4.12. The largest absolute Gasteiger partial charge is 0.329 e. The highest BCUT2D eigenvalue weighted by Gasteiger charge is 2.15. The first-order valence-electron chi connectivity index (χ1n) is 3.15. The summed E-state index contributed by atoms with van der Waals surface area (Å²) < 4.78 is 2.18. The molecule has 0 spiro atoms. The highest BCUT2D eigenvalue weighted by Crippen LogP contribution is 1.94. The SMILES string of the molecule is N[SiH](Cl)N1CCNCC1. The van der Waals surface area contributed by atoms with Gasteiger partial charge in [-0.1, -0.05) is 0 Å². The normalized spacial score (nSPS) is 26.0. The van der Waals surface area contributed by atoms with Gasteiger partial charge in [0.2, 0.25) is 0 Å². The highest BCUT2D eigenvalue weighted by atomic mass is 35.6. The van der Waals surface area contributed by atoms with Gasteiger partial charge >= 0.3 is 0 Å². The molecule has 1 unspecified atom stereocenters. The Morgan fingerprint density at radius 2 is 2.00 bits per heavy atom. The number of nitrogens with one attached hydrogen (secondary N) is 1. The first-order valence-corrected chi connectivity index (χ1v) is 6.08. The Bertz CT molecular complexity index is 83.9. The van der Waals surface area contributed by atoms with E-state index in [1.165, 1.54) is 0 Å². The molecule has 0 aromatic heterocycles. The standard InChI is InChI=1S/C4H12ClN3Si/c5-9(6)8-3-1-7-2-4-8/h7,9H,1-4,6H2. The molecule has 0 bridgehead atoms. The molecule has 1 aliphatic heterocycles. The van der Waals surface area contributed by atoms with Crippen molar-refractivity contribution in [1.29, 1.82) is 0 Å². The van der Waals surface area contributed by atoms with E-state index in [0.717, 1.165) is 26.2 Å².